The van der Waals surface area contributed by atoms with E-state index < -0.39 is 20.0 Å². The Balaban J connectivity index is 1.53. The molecule has 3 aromatic rings. The first-order valence-electron chi connectivity index (χ1n) is 13.5. The van der Waals surface area contributed by atoms with E-state index in [1.807, 2.05) is 17.0 Å². The van der Waals surface area contributed by atoms with Crippen molar-refractivity contribution < 1.29 is 26.3 Å². The number of nitrogens with zero attached hydrogens (tertiary/aromatic N) is 3. The Morgan fingerprint density at radius 3 is 1.93 bits per heavy atom. The van der Waals surface area contributed by atoms with E-state index in [1.54, 1.807) is 55.6 Å². The van der Waals surface area contributed by atoms with Crippen LogP contribution in [0.4, 0.5) is 11.4 Å². The van der Waals surface area contributed by atoms with E-state index in [0.29, 0.717) is 36.0 Å². The van der Waals surface area contributed by atoms with Gasteiger partial charge < -0.3 is 14.4 Å². The van der Waals surface area contributed by atoms with Crippen LogP contribution in [-0.4, -0.2) is 68.6 Å². The molecule has 0 N–H and O–H groups in total. The normalized spacial score (nSPS) is 15.0. The van der Waals surface area contributed by atoms with Gasteiger partial charge in [0.25, 0.3) is 10.0 Å². The zero-order chi connectivity index (χ0) is 30.0. The molecule has 0 amide bonds. The Morgan fingerprint density at radius 2 is 1.39 bits per heavy atom. The van der Waals surface area contributed by atoms with Gasteiger partial charge in [-0.25, -0.2) is 16.8 Å². The number of sulfonamides is 2. The maximum Gasteiger partial charge on any atom is 0.264 e. The smallest absolute Gasteiger partial charge is 0.264 e. The Labute approximate surface area is 244 Å². The van der Waals surface area contributed by atoms with Gasteiger partial charge in [-0.2, -0.15) is 4.31 Å². The van der Waals surface area contributed by atoms with Crippen molar-refractivity contribution in [3.05, 3.63) is 72.3 Å². The molecule has 0 unspecified atom stereocenters. The zero-order valence-corrected chi connectivity index (χ0v) is 26.1. The molecule has 222 valence electrons. The molecule has 1 saturated heterocycles. The summed E-state index contributed by atoms with van der Waals surface area (Å²) in [7, 11) is -2.97. The highest BCUT2D eigenvalue weighted by Gasteiger charge is 2.31. The summed E-state index contributed by atoms with van der Waals surface area (Å²) in [5.74, 6) is 1.14. The second-order valence-electron chi connectivity index (χ2n) is 10.7. The minimum absolute atomic E-state index is 0.0293. The Hall–Kier alpha value is -3.28. The number of ether oxygens (including phenoxy) is 2. The van der Waals surface area contributed by atoms with Crippen LogP contribution in [0.5, 0.6) is 11.5 Å². The Kier molecular flexibility index (Phi) is 8.91. The minimum atomic E-state index is -3.88. The van der Waals surface area contributed by atoms with Crippen molar-refractivity contribution >= 4 is 31.4 Å². The maximum atomic E-state index is 13.5. The molecule has 0 aliphatic carbocycles. The van der Waals surface area contributed by atoms with Crippen molar-refractivity contribution in [2.45, 2.75) is 42.4 Å². The molecule has 1 aliphatic heterocycles. The molecule has 11 heteroatoms. The van der Waals surface area contributed by atoms with E-state index in [-0.39, 0.29) is 28.3 Å². The van der Waals surface area contributed by atoms with Gasteiger partial charge in [-0.3, -0.25) is 4.31 Å². The van der Waals surface area contributed by atoms with E-state index in [1.165, 1.54) is 28.8 Å². The molecule has 0 bridgehead atoms. The summed E-state index contributed by atoms with van der Waals surface area (Å²) in [4.78, 5) is 2.34. The number of benzene rings is 3. The fourth-order valence-corrected chi connectivity index (χ4v) is 7.41. The predicted molar refractivity (Wildman–Crippen MR) is 162 cm³/mol. The summed E-state index contributed by atoms with van der Waals surface area (Å²) in [5.41, 5.74) is 2.16. The summed E-state index contributed by atoms with van der Waals surface area (Å²) < 4.78 is 67.3. The molecule has 41 heavy (non-hydrogen) atoms. The highest BCUT2D eigenvalue weighted by atomic mass is 32.2. The molecule has 4 rings (SSSR count). The third-order valence-electron chi connectivity index (χ3n) is 7.98. The zero-order valence-electron chi connectivity index (χ0n) is 24.5. The third kappa shape index (κ3) is 6.17. The number of methoxy groups -OCH3 is 2. The fraction of sp³-hybridized carbons (Fsp3) is 0.400. The second kappa shape index (κ2) is 11.9. The molecule has 0 radical (unpaired) electrons. The van der Waals surface area contributed by atoms with Crippen LogP contribution in [0.1, 0.15) is 32.8 Å². The van der Waals surface area contributed by atoms with Crippen LogP contribution in [0, 0.1) is 0 Å². The highest BCUT2D eigenvalue weighted by molar-refractivity contribution is 7.92. The summed E-state index contributed by atoms with van der Waals surface area (Å²) in [6, 6.07) is 18.7. The SMILES string of the molecule is CCC(C)(C)c1ccc(S(=O)(=O)N2CCN(c3cc(S(=O)(=O)N(C)c4ccc(OC)cc4)ccc3OC)CC2)cc1. The molecule has 3 aromatic carbocycles. The largest absolute Gasteiger partial charge is 0.497 e. The lowest BCUT2D eigenvalue weighted by Crippen LogP contribution is -2.48. The van der Waals surface area contributed by atoms with Gasteiger partial charge in [0.1, 0.15) is 11.5 Å². The molecular formula is C30H39N3O6S2. The van der Waals surface area contributed by atoms with Crippen LogP contribution in [0.15, 0.2) is 76.5 Å². The van der Waals surface area contributed by atoms with Gasteiger partial charge in [-0.05, 0) is 72.0 Å². The van der Waals surface area contributed by atoms with Crippen molar-refractivity contribution in [1.82, 2.24) is 4.31 Å². The number of rotatable bonds is 10. The van der Waals surface area contributed by atoms with Crippen molar-refractivity contribution in [1.29, 1.82) is 0 Å². The summed E-state index contributed by atoms with van der Waals surface area (Å²) in [6.45, 7) is 7.68. The lowest BCUT2D eigenvalue weighted by molar-refractivity contribution is 0.378. The lowest BCUT2D eigenvalue weighted by Gasteiger charge is -2.36. The van der Waals surface area contributed by atoms with Crippen LogP contribution in [0.25, 0.3) is 0 Å². The van der Waals surface area contributed by atoms with E-state index in [2.05, 4.69) is 20.8 Å². The molecule has 0 spiro atoms. The van der Waals surface area contributed by atoms with Gasteiger partial charge in [-0.1, -0.05) is 32.9 Å². The van der Waals surface area contributed by atoms with E-state index in [4.69, 9.17) is 9.47 Å². The van der Waals surface area contributed by atoms with E-state index in [0.717, 1.165) is 12.0 Å². The van der Waals surface area contributed by atoms with Crippen molar-refractivity contribution in [3.8, 4) is 11.5 Å². The van der Waals surface area contributed by atoms with Crippen LogP contribution >= 0.6 is 0 Å². The van der Waals surface area contributed by atoms with Gasteiger partial charge >= 0.3 is 0 Å². The molecule has 1 aliphatic rings. The van der Waals surface area contributed by atoms with Crippen LogP contribution in [0.2, 0.25) is 0 Å². The molecule has 1 fully saturated rings. The van der Waals surface area contributed by atoms with Crippen molar-refractivity contribution in [2.24, 2.45) is 0 Å². The number of piperazine rings is 1. The molecule has 1 heterocycles. The second-order valence-corrected chi connectivity index (χ2v) is 14.6. The average molecular weight is 602 g/mol. The van der Waals surface area contributed by atoms with Gasteiger partial charge in [0.2, 0.25) is 10.0 Å². The highest BCUT2D eigenvalue weighted by Crippen LogP contribution is 2.34. The molecule has 0 aromatic heterocycles. The van der Waals surface area contributed by atoms with Crippen molar-refractivity contribution in [3.63, 3.8) is 0 Å². The summed E-state index contributed by atoms with van der Waals surface area (Å²) in [6.07, 6.45) is 0.949. The van der Waals surface area contributed by atoms with E-state index >= 15 is 0 Å². The first-order chi connectivity index (χ1) is 19.3. The number of hydrogen-bond donors (Lipinski definition) is 0. The monoisotopic (exact) mass is 601 g/mol. The summed E-state index contributed by atoms with van der Waals surface area (Å²) in [5, 5.41) is 0. The fourth-order valence-electron chi connectivity index (χ4n) is 4.77. The Bertz CT molecular complexity index is 1560. The lowest BCUT2D eigenvalue weighted by atomic mass is 9.82. The Morgan fingerprint density at radius 1 is 0.805 bits per heavy atom. The predicted octanol–water partition coefficient (Wildman–Crippen LogP) is 4.73. The average Bonchev–Trinajstić information content (AvgIpc) is 3.00. The maximum absolute atomic E-state index is 13.5. The molecule has 0 atom stereocenters. The molecule has 9 nitrogen and oxygen atoms in total. The standard InChI is InChI=1S/C30H39N3O6S2/c1-7-30(2,3)23-8-14-26(15-9-23)41(36,37)33-20-18-32(19-21-33)28-22-27(16-17-29(28)39-6)40(34,35)31(4)24-10-12-25(38-5)13-11-24/h8-17,22H,7,18-21H2,1-6H3. The third-order valence-corrected chi connectivity index (χ3v) is 11.7. The first kappa shape index (κ1) is 30.7. The number of anilines is 2. The first-order valence-corrected chi connectivity index (χ1v) is 16.4. The van der Waals surface area contributed by atoms with Crippen LogP contribution < -0.4 is 18.7 Å². The molecular weight excluding hydrogens is 562 g/mol. The van der Waals surface area contributed by atoms with Crippen molar-refractivity contribution in [2.75, 3.05) is 56.7 Å². The van der Waals surface area contributed by atoms with Crippen LogP contribution in [-0.2, 0) is 25.5 Å². The van der Waals surface area contributed by atoms with E-state index in [9.17, 15) is 16.8 Å². The van der Waals surface area contributed by atoms with Gasteiger partial charge in [0.15, 0.2) is 0 Å². The minimum Gasteiger partial charge on any atom is -0.497 e. The van der Waals surface area contributed by atoms with Gasteiger partial charge in [-0.15, -0.1) is 0 Å². The molecule has 0 saturated carbocycles. The number of hydrogen-bond acceptors (Lipinski definition) is 7. The van der Waals surface area contributed by atoms with Crippen LogP contribution in [0.3, 0.4) is 0 Å². The van der Waals surface area contributed by atoms with Gasteiger partial charge in [0.05, 0.1) is 35.4 Å². The quantitative estimate of drug-likeness (QED) is 0.332. The summed E-state index contributed by atoms with van der Waals surface area (Å²) >= 11 is 0. The van der Waals surface area contributed by atoms with Gasteiger partial charge in [0, 0.05) is 33.2 Å². The topological polar surface area (TPSA) is 96.5 Å².